The molecule has 5 nitrogen and oxygen atoms in total. The van der Waals surface area contributed by atoms with Crippen LogP contribution in [0.15, 0.2) is 71.8 Å². The molecule has 5 heteroatoms. The van der Waals surface area contributed by atoms with E-state index in [2.05, 4.69) is 15.1 Å². The van der Waals surface area contributed by atoms with Crippen molar-refractivity contribution in [3.05, 3.63) is 83.7 Å². The number of ether oxygens (including phenoxy) is 1. The first-order valence-electron chi connectivity index (χ1n) is 7.90. The Labute approximate surface area is 146 Å². The summed E-state index contributed by atoms with van der Waals surface area (Å²) in [6, 6.07) is 20.9. The number of carbonyl (C=O) groups is 1. The molecule has 1 heterocycles. The monoisotopic (exact) mass is 333 g/mol. The summed E-state index contributed by atoms with van der Waals surface area (Å²) in [4.78, 5) is 12.1. The van der Waals surface area contributed by atoms with E-state index in [-0.39, 0.29) is 5.91 Å². The van der Waals surface area contributed by atoms with Crippen LogP contribution in [0.4, 0.5) is 0 Å². The Morgan fingerprint density at radius 2 is 1.76 bits per heavy atom. The summed E-state index contributed by atoms with van der Waals surface area (Å²) in [6.45, 7) is 2.03. The normalized spacial score (nSPS) is 10.8. The lowest BCUT2D eigenvalue weighted by Gasteiger charge is -2.09. The Balaban J connectivity index is 1.73. The summed E-state index contributed by atoms with van der Waals surface area (Å²) in [6.07, 6.45) is 1.64. The van der Waals surface area contributed by atoms with Gasteiger partial charge in [-0.1, -0.05) is 18.2 Å². The van der Waals surface area contributed by atoms with Gasteiger partial charge in [0.2, 0.25) is 0 Å². The Hall–Kier alpha value is -3.34. The molecular weight excluding hydrogens is 314 g/mol. The average molecular weight is 333 g/mol. The average Bonchev–Trinajstić information content (AvgIpc) is 3.03. The minimum absolute atomic E-state index is 0.270. The van der Waals surface area contributed by atoms with Crippen LogP contribution in [-0.2, 0) is 0 Å². The van der Waals surface area contributed by atoms with Gasteiger partial charge in [0.25, 0.3) is 5.91 Å². The number of hydrazone groups is 1. The van der Waals surface area contributed by atoms with Gasteiger partial charge in [0.05, 0.1) is 19.0 Å². The molecule has 1 aromatic heterocycles. The molecule has 0 bridgehead atoms. The number of aromatic nitrogens is 1. The summed E-state index contributed by atoms with van der Waals surface area (Å²) < 4.78 is 7.15. The number of nitrogens with zero attached hydrogens (tertiary/aromatic N) is 2. The summed E-state index contributed by atoms with van der Waals surface area (Å²) in [5.74, 6) is 0.435. The number of amides is 1. The molecule has 3 rings (SSSR count). The zero-order chi connectivity index (χ0) is 17.6. The first kappa shape index (κ1) is 16.5. The first-order valence-corrected chi connectivity index (χ1v) is 7.90. The molecule has 0 aliphatic heterocycles. The second kappa shape index (κ2) is 7.49. The maximum absolute atomic E-state index is 12.1. The van der Waals surface area contributed by atoms with Gasteiger partial charge in [-0.3, -0.25) is 4.79 Å². The Morgan fingerprint density at radius 3 is 2.44 bits per heavy atom. The molecule has 0 aliphatic carbocycles. The minimum Gasteiger partial charge on any atom is -0.497 e. The van der Waals surface area contributed by atoms with Crippen molar-refractivity contribution >= 4 is 12.1 Å². The minimum atomic E-state index is -0.270. The van der Waals surface area contributed by atoms with Gasteiger partial charge < -0.3 is 9.30 Å². The highest BCUT2D eigenvalue weighted by atomic mass is 16.5. The third kappa shape index (κ3) is 3.77. The molecule has 0 spiro atoms. The summed E-state index contributed by atoms with van der Waals surface area (Å²) >= 11 is 0. The zero-order valence-corrected chi connectivity index (χ0v) is 14.1. The van der Waals surface area contributed by atoms with Crippen LogP contribution >= 0.6 is 0 Å². The van der Waals surface area contributed by atoms with Crippen molar-refractivity contribution < 1.29 is 9.53 Å². The van der Waals surface area contributed by atoms with Crippen LogP contribution in [-0.4, -0.2) is 23.8 Å². The van der Waals surface area contributed by atoms with Crippen LogP contribution in [0.1, 0.15) is 21.7 Å². The van der Waals surface area contributed by atoms with E-state index in [9.17, 15) is 4.79 Å². The fourth-order valence-corrected chi connectivity index (χ4v) is 2.55. The maximum atomic E-state index is 12.1. The van der Waals surface area contributed by atoms with Gasteiger partial charge in [-0.05, 0) is 55.5 Å². The van der Waals surface area contributed by atoms with E-state index in [1.807, 2.05) is 49.4 Å². The van der Waals surface area contributed by atoms with Crippen molar-refractivity contribution in [2.45, 2.75) is 6.92 Å². The molecule has 25 heavy (non-hydrogen) atoms. The molecular formula is C20H19N3O2. The van der Waals surface area contributed by atoms with Crippen molar-refractivity contribution in [1.82, 2.24) is 9.99 Å². The zero-order valence-electron chi connectivity index (χ0n) is 14.1. The number of aryl methyl sites for hydroxylation is 1. The molecule has 0 saturated heterocycles. The molecule has 126 valence electrons. The molecule has 2 aromatic carbocycles. The Kier molecular flexibility index (Phi) is 4.95. The fraction of sp³-hybridized carbons (Fsp3) is 0.100. The highest BCUT2D eigenvalue weighted by molar-refractivity contribution is 5.94. The van der Waals surface area contributed by atoms with Crippen molar-refractivity contribution in [2.24, 2.45) is 5.10 Å². The number of hydrogen-bond donors (Lipinski definition) is 1. The lowest BCUT2D eigenvalue weighted by Crippen LogP contribution is -2.17. The highest BCUT2D eigenvalue weighted by Crippen LogP contribution is 2.15. The van der Waals surface area contributed by atoms with Crippen LogP contribution in [0.25, 0.3) is 5.69 Å². The third-order valence-corrected chi connectivity index (χ3v) is 3.84. The van der Waals surface area contributed by atoms with E-state index in [1.165, 1.54) is 0 Å². The maximum Gasteiger partial charge on any atom is 0.271 e. The van der Waals surface area contributed by atoms with Gasteiger partial charge in [-0.25, -0.2) is 5.43 Å². The molecule has 0 atom stereocenters. The van der Waals surface area contributed by atoms with Crippen LogP contribution in [0.5, 0.6) is 5.75 Å². The second-order valence-electron chi connectivity index (χ2n) is 5.50. The van der Waals surface area contributed by atoms with E-state index >= 15 is 0 Å². The van der Waals surface area contributed by atoms with E-state index in [1.54, 1.807) is 37.6 Å². The van der Waals surface area contributed by atoms with Crippen LogP contribution in [0, 0.1) is 6.92 Å². The number of rotatable bonds is 5. The molecule has 0 fully saturated rings. The van der Waals surface area contributed by atoms with Gasteiger partial charge in [-0.15, -0.1) is 0 Å². The summed E-state index contributed by atoms with van der Waals surface area (Å²) in [7, 11) is 1.59. The molecule has 3 aromatic rings. The Bertz CT molecular complexity index is 881. The summed E-state index contributed by atoms with van der Waals surface area (Å²) in [5, 5.41) is 4.08. The second-order valence-corrected chi connectivity index (χ2v) is 5.50. The van der Waals surface area contributed by atoms with Crippen LogP contribution in [0.3, 0.4) is 0 Å². The van der Waals surface area contributed by atoms with E-state index in [4.69, 9.17) is 4.74 Å². The third-order valence-electron chi connectivity index (χ3n) is 3.84. The predicted octanol–water partition coefficient (Wildman–Crippen LogP) is 3.56. The number of carbonyl (C=O) groups excluding carboxylic acids is 1. The van der Waals surface area contributed by atoms with Gasteiger partial charge in [0.15, 0.2) is 0 Å². The highest BCUT2D eigenvalue weighted by Gasteiger charge is 2.06. The summed E-state index contributed by atoms with van der Waals surface area (Å²) in [5.41, 5.74) is 6.10. The van der Waals surface area contributed by atoms with Gasteiger partial charge >= 0.3 is 0 Å². The molecule has 1 amide bonds. The van der Waals surface area contributed by atoms with Crippen molar-refractivity contribution in [3.63, 3.8) is 0 Å². The van der Waals surface area contributed by atoms with Crippen molar-refractivity contribution in [2.75, 3.05) is 7.11 Å². The number of nitrogens with one attached hydrogen (secondary N) is 1. The quantitative estimate of drug-likeness (QED) is 0.573. The smallest absolute Gasteiger partial charge is 0.271 e. The number of benzene rings is 2. The van der Waals surface area contributed by atoms with Crippen molar-refractivity contribution in [3.8, 4) is 11.4 Å². The van der Waals surface area contributed by atoms with Crippen LogP contribution < -0.4 is 10.2 Å². The SMILES string of the molecule is COc1ccc(C(=O)N/N=C/c2ccc(C)n2-c2ccccc2)cc1. The van der Waals surface area contributed by atoms with Crippen molar-refractivity contribution in [1.29, 1.82) is 0 Å². The number of para-hydroxylation sites is 1. The molecule has 0 radical (unpaired) electrons. The molecule has 0 aliphatic rings. The fourth-order valence-electron chi connectivity index (χ4n) is 2.55. The predicted molar refractivity (Wildman–Crippen MR) is 98.6 cm³/mol. The van der Waals surface area contributed by atoms with Gasteiger partial charge in [0, 0.05) is 16.9 Å². The number of methoxy groups -OCH3 is 1. The van der Waals surface area contributed by atoms with Gasteiger partial charge in [-0.2, -0.15) is 5.10 Å². The molecule has 1 N–H and O–H groups in total. The lowest BCUT2D eigenvalue weighted by atomic mass is 10.2. The standard InChI is InChI=1S/C20H19N3O2/c1-15-8-11-18(23(15)17-6-4-3-5-7-17)14-21-22-20(24)16-9-12-19(25-2)13-10-16/h3-14H,1-2H3,(H,22,24)/b21-14+. The topological polar surface area (TPSA) is 55.6 Å². The van der Waals surface area contributed by atoms with E-state index < -0.39 is 0 Å². The largest absolute Gasteiger partial charge is 0.497 e. The van der Waals surface area contributed by atoms with Gasteiger partial charge in [0.1, 0.15) is 5.75 Å². The molecule has 0 unspecified atom stereocenters. The first-order chi connectivity index (χ1) is 12.2. The van der Waals surface area contributed by atoms with Crippen LogP contribution in [0.2, 0.25) is 0 Å². The number of hydrogen-bond acceptors (Lipinski definition) is 3. The van der Waals surface area contributed by atoms with E-state index in [0.717, 1.165) is 17.1 Å². The Morgan fingerprint density at radius 1 is 1.04 bits per heavy atom. The lowest BCUT2D eigenvalue weighted by molar-refractivity contribution is 0.0955. The molecule has 0 saturated carbocycles. The van der Waals surface area contributed by atoms with E-state index in [0.29, 0.717) is 11.3 Å².